The highest BCUT2D eigenvalue weighted by Crippen LogP contribution is 2.22. The molecule has 1 atom stereocenters. The lowest BCUT2D eigenvalue weighted by molar-refractivity contribution is -0.123. The summed E-state index contributed by atoms with van der Waals surface area (Å²) < 4.78 is 0. The summed E-state index contributed by atoms with van der Waals surface area (Å²) in [4.78, 5) is 12.1. The van der Waals surface area contributed by atoms with Gasteiger partial charge in [-0.3, -0.25) is 4.79 Å². The van der Waals surface area contributed by atoms with Gasteiger partial charge in [-0.25, -0.2) is 0 Å². The number of ketones is 1. The van der Waals surface area contributed by atoms with Gasteiger partial charge in [0, 0.05) is 18.9 Å². The lowest BCUT2D eigenvalue weighted by atomic mass is 9.88. The van der Waals surface area contributed by atoms with Crippen molar-refractivity contribution in [1.82, 2.24) is 0 Å². The van der Waals surface area contributed by atoms with E-state index in [9.17, 15) is 4.79 Å². The van der Waals surface area contributed by atoms with Crippen molar-refractivity contribution in [2.75, 3.05) is 6.61 Å². The Morgan fingerprint density at radius 3 is 2.18 bits per heavy atom. The van der Waals surface area contributed by atoms with Crippen LogP contribution in [0, 0.1) is 5.92 Å². The summed E-state index contributed by atoms with van der Waals surface area (Å²) in [5.41, 5.74) is 0. The molecule has 0 amide bonds. The average Bonchev–Trinajstić information content (AvgIpc) is 2.33. The SMILES string of the molecule is O=C1CCCCCCCCCCC1CCCO. The fourth-order valence-electron chi connectivity index (χ4n) is 2.76. The zero-order chi connectivity index (χ0) is 12.3. The summed E-state index contributed by atoms with van der Waals surface area (Å²) in [7, 11) is 0. The van der Waals surface area contributed by atoms with Crippen LogP contribution in [0.4, 0.5) is 0 Å². The van der Waals surface area contributed by atoms with E-state index in [0.29, 0.717) is 5.78 Å². The summed E-state index contributed by atoms with van der Waals surface area (Å²) >= 11 is 0. The summed E-state index contributed by atoms with van der Waals surface area (Å²) in [6.07, 6.45) is 13.6. The lowest BCUT2D eigenvalue weighted by Gasteiger charge is -2.16. The summed E-state index contributed by atoms with van der Waals surface area (Å²) in [6.45, 7) is 0.226. The largest absolute Gasteiger partial charge is 0.396 e. The Bertz CT molecular complexity index is 201. The van der Waals surface area contributed by atoms with Gasteiger partial charge in [0.1, 0.15) is 5.78 Å². The maximum Gasteiger partial charge on any atom is 0.135 e. The van der Waals surface area contributed by atoms with E-state index >= 15 is 0 Å². The quantitative estimate of drug-likeness (QED) is 0.813. The highest BCUT2D eigenvalue weighted by atomic mass is 16.2. The van der Waals surface area contributed by atoms with Gasteiger partial charge in [0.25, 0.3) is 0 Å². The smallest absolute Gasteiger partial charge is 0.135 e. The molecule has 0 spiro atoms. The number of rotatable bonds is 3. The Morgan fingerprint density at radius 1 is 0.941 bits per heavy atom. The number of aliphatic hydroxyl groups excluding tert-OH is 1. The molecule has 1 N–H and O–H groups in total. The van der Waals surface area contributed by atoms with Gasteiger partial charge in [0.2, 0.25) is 0 Å². The van der Waals surface area contributed by atoms with Crippen LogP contribution >= 0.6 is 0 Å². The van der Waals surface area contributed by atoms with E-state index < -0.39 is 0 Å². The molecule has 0 aromatic heterocycles. The van der Waals surface area contributed by atoms with E-state index in [1.165, 1.54) is 44.9 Å². The molecule has 1 rings (SSSR count). The minimum atomic E-state index is 0.226. The molecule has 1 aliphatic carbocycles. The van der Waals surface area contributed by atoms with Crippen LogP contribution in [0.2, 0.25) is 0 Å². The molecule has 1 saturated carbocycles. The third-order valence-electron chi connectivity index (χ3n) is 3.89. The van der Waals surface area contributed by atoms with Gasteiger partial charge >= 0.3 is 0 Å². The molecule has 0 radical (unpaired) electrons. The molecule has 1 aliphatic rings. The van der Waals surface area contributed by atoms with Gasteiger partial charge in [0.05, 0.1) is 0 Å². The third kappa shape index (κ3) is 6.82. The summed E-state index contributed by atoms with van der Waals surface area (Å²) in [6, 6.07) is 0. The molecular weight excluding hydrogens is 212 g/mol. The average molecular weight is 240 g/mol. The fraction of sp³-hybridized carbons (Fsp3) is 0.933. The van der Waals surface area contributed by atoms with E-state index in [1.807, 2.05) is 0 Å². The molecule has 0 saturated heterocycles. The van der Waals surface area contributed by atoms with Gasteiger partial charge in [0.15, 0.2) is 0 Å². The first kappa shape index (κ1) is 14.7. The summed E-state index contributed by atoms with van der Waals surface area (Å²) in [5, 5.41) is 8.88. The minimum Gasteiger partial charge on any atom is -0.396 e. The van der Waals surface area contributed by atoms with E-state index in [-0.39, 0.29) is 12.5 Å². The van der Waals surface area contributed by atoms with Crippen molar-refractivity contribution in [2.24, 2.45) is 5.92 Å². The molecule has 2 nitrogen and oxygen atoms in total. The predicted molar refractivity (Wildman–Crippen MR) is 71.0 cm³/mol. The van der Waals surface area contributed by atoms with Gasteiger partial charge < -0.3 is 5.11 Å². The minimum absolute atomic E-state index is 0.226. The first-order chi connectivity index (χ1) is 8.34. The maximum atomic E-state index is 12.1. The second kappa shape index (κ2) is 9.64. The van der Waals surface area contributed by atoms with Crippen LogP contribution in [0.15, 0.2) is 0 Å². The summed E-state index contributed by atoms with van der Waals surface area (Å²) in [5.74, 6) is 0.695. The topological polar surface area (TPSA) is 37.3 Å². The fourth-order valence-corrected chi connectivity index (χ4v) is 2.76. The van der Waals surface area contributed by atoms with Crippen LogP contribution in [0.1, 0.15) is 77.0 Å². The van der Waals surface area contributed by atoms with Gasteiger partial charge in [-0.15, -0.1) is 0 Å². The van der Waals surface area contributed by atoms with Crippen molar-refractivity contribution in [2.45, 2.75) is 77.0 Å². The highest BCUT2D eigenvalue weighted by Gasteiger charge is 2.17. The normalized spacial score (nSPS) is 25.0. The monoisotopic (exact) mass is 240 g/mol. The molecule has 2 heteroatoms. The molecule has 1 fully saturated rings. The Morgan fingerprint density at radius 2 is 1.53 bits per heavy atom. The van der Waals surface area contributed by atoms with Crippen molar-refractivity contribution in [3.05, 3.63) is 0 Å². The standard InChI is InChI=1S/C15H28O2/c16-13-9-11-14-10-7-5-3-1-2-4-6-8-12-15(14)17/h14,16H,1-13H2. The van der Waals surface area contributed by atoms with Crippen LogP contribution in [-0.4, -0.2) is 17.5 Å². The maximum absolute atomic E-state index is 12.1. The second-order valence-corrected chi connectivity index (χ2v) is 5.40. The molecular formula is C15H28O2. The number of Topliss-reactive ketones (excluding diaryl/α,β-unsaturated/α-hetero) is 1. The van der Waals surface area contributed by atoms with Crippen LogP contribution in [0.5, 0.6) is 0 Å². The van der Waals surface area contributed by atoms with E-state index in [1.54, 1.807) is 0 Å². The number of aliphatic hydroxyl groups is 1. The number of carbonyl (C=O) groups is 1. The molecule has 0 aromatic rings. The number of carbonyl (C=O) groups excluding carboxylic acids is 1. The second-order valence-electron chi connectivity index (χ2n) is 5.40. The molecule has 1 unspecified atom stereocenters. The molecule has 0 heterocycles. The molecule has 0 aliphatic heterocycles. The Hall–Kier alpha value is -0.370. The molecule has 17 heavy (non-hydrogen) atoms. The number of hydrogen-bond donors (Lipinski definition) is 1. The molecule has 100 valence electrons. The van der Waals surface area contributed by atoms with Crippen LogP contribution in [0.25, 0.3) is 0 Å². The van der Waals surface area contributed by atoms with E-state index in [2.05, 4.69) is 0 Å². The van der Waals surface area contributed by atoms with Crippen molar-refractivity contribution in [3.8, 4) is 0 Å². The van der Waals surface area contributed by atoms with E-state index in [0.717, 1.165) is 32.1 Å². The Balaban J connectivity index is 2.36. The van der Waals surface area contributed by atoms with Crippen molar-refractivity contribution < 1.29 is 9.90 Å². The van der Waals surface area contributed by atoms with E-state index in [4.69, 9.17) is 5.11 Å². The third-order valence-corrected chi connectivity index (χ3v) is 3.89. The van der Waals surface area contributed by atoms with Crippen molar-refractivity contribution >= 4 is 5.78 Å². The number of hydrogen-bond acceptors (Lipinski definition) is 2. The van der Waals surface area contributed by atoms with Gasteiger partial charge in [-0.1, -0.05) is 44.9 Å². The predicted octanol–water partition coefficient (Wildman–Crippen LogP) is 3.86. The molecule has 0 aromatic carbocycles. The van der Waals surface area contributed by atoms with Gasteiger partial charge in [-0.05, 0) is 25.7 Å². The highest BCUT2D eigenvalue weighted by molar-refractivity contribution is 5.80. The Labute approximate surface area is 106 Å². The zero-order valence-corrected chi connectivity index (χ0v) is 11.1. The zero-order valence-electron chi connectivity index (χ0n) is 11.1. The van der Waals surface area contributed by atoms with Crippen LogP contribution < -0.4 is 0 Å². The lowest BCUT2D eigenvalue weighted by Crippen LogP contribution is -2.15. The molecule has 0 bridgehead atoms. The van der Waals surface area contributed by atoms with Gasteiger partial charge in [-0.2, -0.15) is 0 Å². The van der Waals surface area contributed by atoms with Crippen molar-refractivity contribution in [3.63, 3.8) is 0 Å². The van der Waals surface area contributed by atoms with Crippen molar-refractivity contribution in [1.29, 1.82) is 0 Å². The Kier molecular flexibility index (Phi) is 8.33. The van der Waals surface area contributed by atoms with Crippen LogP contribution in [0.3, 0.4) is 0 Å². The first-order valence-corrected chi connectivity index (χ1v) is 7.48. The first-order valence-electron chi connectivity index (χ1n) is 7.48. The van der Waals surface area contributed by atoms with Crippen LogP contribution in [-0.2, 0) is 4.79 Å².